The molecule has 0 amide bonds. The Kier molecular flexibility index (Phi) is 4.02. The van der Waals surface area contributed by atoms with E-state index in [0.717, 1.165) is 36.0 Å². The molecule has 0 unspecified atom stereocenters. The topological polar surface area (TPSA) is 80.9 Å². The van der Waals surface area contributed by atoms with E-state index in [1.807, 2.05) is 24.3 Å². The highest BCUT2D eigenvalue weighted by Gasteiger charge is 2.06. The Balaban J connectivity index is 2.22. The predicted molar refractivity (Wildman–Crippen MR) is 69.8 cm³/mol. The number of hydrogen-bond donors (Lipinski definition) is 1. The SMILES string of the molecule is CCCc1nnnn1-c1ccc(/C=C/C(=O)O)cc1. The molecule has 0 atom stereocenters. The van der Waals surface area contributed by atoms with Gasteiger partial charge >= 0.3 is 5.97 Å². The van der Waals surface area contributed by atoms with Crippen molar-refractivity contribution in [1.29, 1.82) is 0 Å². The summed E-state index contributed by atoms with van der Waals surface area (Å²) in [6.07, 6.45) is 4.43. The average molecular weight is 258 g/mol. The first-order valence-electron chi connectivity index (χ1n) is 5.99. The quantitative estimate of drug-likeness (QED) is 0.826. The first kappa shape index (κ1) is 12.9. The van der Waals surface area contributed by atoms with Gasteiger partial charge in [0.15, 0.2) is 5.82 Å². The molecule has 0 bridgehead atoms. The van der Waals surface area contributed by atoms with E-state index in [9.17, 15) is 4.79 Å². The Morgan fingerprint density at radius 1 is 1.37 bits per heavy atom. The van der Waals surface area contributed by atoms with E-state index in [1.165, 1.54) is 0 Å². The van der Waals surface area contributed by atoms with Gasteiger partial charge in [-0.05, 0) is 40.6 Å². The molecule has 98 valence electrons. The zero-order valence-corrected chi connectivity index (χ0v) is 10.5. The van der Waals surface area contributed by atoms with Crippen molar-refractivity contribution >= 4 is 12.0 Å². The lowest BCUT2D eigenvalue weighted by atomic mass is 10.2. The fourth-order valence-corrected chi connectivity index (χ4v) is 1.68. The number of tetrazole rings is 1. The first-order chi connectivity index (χ1) is 9.20. The van der Waals surface area contributed by atoms with Crippen LogP contribution in [0.4, 0.5) is 0 Å². The Bertz CT molecular complexity index is 587. The lowest BCUT2D eigenvalue weighted by Gasteiger charge is -2.03. The van der Waals surface area contributed by atoms with Crippen LogP contribution in [-0.2, 0) is 11.2 Å². The molecule has 1 aromatic heterocycles. The van der Waals surface area contributed by atoms with Crippen molar-refractivity contribution in [2.24, 2.45) is 0 Å². The average Bonchev–Trinajstić information content (AvgIpc) is 2.86. The third kappa shape index (κ3) is 3.25. The van der Waals surface area contributed by atoms with Gasteiger partial charge in [-0.1, -0.05) is 19.1 Å². The highest BCUT2D eigenvalue weighted by molar-refractivity contribution is 5.85. The summed E-state index contributed by atoms with van der Waals surface area (Å²) < 4.78 is 1.69. The summed E-state index contributed by atoms with van der Waals surface area (Å²) in [7, 11) is 0. The molecule has 0 aliphatic carbocycles. The van der Waals surface area contributed by atoms with Crippen molar-refractivity contribution < 1.29 is 9.90 Å². The summed E-state index contributed by atoms with van der Waals surface area (Å²) >= 11 is 0. The molecule has 0 radical (unpaired) electrons. The van der Waals surface area contributed by atoms with Gasteiger partial charge in [-0.15, -0.1) is 5.10 Å². The van der Waals surface area contributed by atoms with Crippen molar-refractivity contribution in [1.82, 2.24) is 20.2 Å². The van der Waals surface area contributed by atoms with Crippen LogP contribution < -0.4 is 0 Å². The number of rotatable bonds is 5. The third-order valence-electron chi connectivity index (χ3n) is 2.56. The molecule has 0 aliphatic rings. The van der Waals surface area contributed by atoms with Gasteiger partial charge in [0.2, 0.25) is 0 Å². The lowest BCUT2D eigenvalue weighted by Crippen LogP contribution is -2.02. The highest BCUT2D eigenvalue weighted by Crippen LogP contribution is 2.12. The third-order valence-corrected chi connectivity index (χ3v) is 2.56. The monoisotopic (exact) mass is 258 g/mol. The van der Waals surface area contributed by atoms with Crippen molar-refractivity contribution in [2.75, 3.05) is 0 Å². The summed E-state index contributed by atoms with van der Waals surface area (Å²) in [6.45, 7) is 2.07. The molecule has 1 N–H and O–H groups in total. The molecule has 6 heteroatoms. The van der Waals surface area contributed by atoms with Crippen molar-refractivity contribution in [2.45, 2.75) is 19.8 Å². The first-order valence-corrected chi connectivity index (χ1v) is 5.99. The molecule has 0 saturated heterocycles. The van der Waals surface area contributed by atoms with Crippen LogP contribution in [0.25, 0.3) is 11.8 Å². The molecular weight excluding hydrogens is 244 g/mol. The fourth-order valence-electron chi connectivity index (χ4n) is 1.68. The molecule has 1 aromatic carbocycles. The van der Waals surface area contributed by atoms with Gasteiger partial charge in [-0.3, -0.25) is 0 Å². The van der Waals surface area contributed by atoms with E-state index < -0.39 is 5.97 Å². The molecule has 0 saturated carbocycles. The van der Waals surface area contributed by atoms with Gasteiger partial charge in [-0.25, -0.2) is 4.79 Å². The number of benzene rings is 1. The Labute approximate surface area is 110 Å². The second-order valence-electron chi connectivity index (χ2n) is 4.02. The maximum absolute atomic E-state index is 10.4. The molecule has 19 heavy (non-hydrogen) atoms. The van der Waals surface area contributed by atoms with Gasteiger partial charge in [0.05, 0.1) is 5.69 Å². The van der Waals surface area contributed by atoms with Gasteiger partial charge in [0.25, 0.3) is 0 Å². The van der Waals surface area contributed by atoms with E-state index in [2.05, 4.69) is 22.4 Å². The Morgan fingerprint density at radius 2 is 2.11 bits per heavy atom. The number of aliphatic carboxylic acids is 1. The number of carboxylic acid groups (broad SMARTS) is 1. The van der Waals surface area contributed by atoms with E-state index in [-0.39, 0.29) is 0 Å². The maximum atomic E-state index is 10.4. The smallest absolute Gasteiger partial charge is 0.328 e. The number of hydrogen-bond acceptors (Lipinski definition) is 4. The van der Waals surface area contributed by atoms with Gasteiger partial charge in [-0.2, -0.15) is 4.68 Å². The molecule has 0 spiro atoms. The Hall–Kier alpha value is -2.50. The standard InChI is InChI=1S/C13H14N4O2/c1-2-3-12-14-15-16-17(12)11-7-4-10(5-8-11)6-9-13(18)19/h4-9H,2-3H2,1H3,(H,18,19)/b9-6+. The molecule has 1 heterocycles. The molecule has 2 aromatic rings. The van der Waals surface area contributed by atoms with E-state index in [4.69, 9.17) is 5.11 Å². The van der Waals surface area contributed by atoms with Crippen molar-refractivity contribution in [3.63, 3.8) is 0 Å². The number of aryl methyl sites for hydroxylation is 1. The van der Waals surface area contributed by atoms with Crippen LogP contribution in [0.3, 0.4) is 0 Å². The number of carboxylic acids is 1. The summed E-state index contributed by atoms with van der Waals surface area (Å²) in [5, 5.41) is 20.2. The van der Waals surface area contributed by atoms with Crippen LogP contribution in [0.15, 0.2) is 30.3 Å². The van der Waals surface area contributed by atoms with Crippen molar-refractivity contribution in [3.05, 3.63) is 41.7 Å². The van der Waals surface area contributed by atoms with E-state index in [1.54, 1.807) is 10.8 Å². The largest absolute Gasteiger partial charge is 0.478 e. The van der Waals surface area contributed by atoms with Crippen LogP contribution in [0.5, 0.6) is 0 Å². The lowest BCUT2D eigenvalue weighted by molar-refractivity contribution is -0.131. The van der Waals surface area contributed by atoms with Gasteiger partial charge in [0.1, 0.15) is 0 Å². The fraction of sp³-hybridized carbons (Fsp3) is 0.231. The van der Waals surface area contributed by atoms with Crippen LogP contribution in [-0.4, -0.2) is 31.3 Å². The van der Waals surface area contributed by atoms with Crippen LogP contribution in [0.1, 0.15) is 24.7 Å². The minimum absolute atomic E-state index is 0.813. The van der Waals surface area contributed by atoms with Gasteiger partial charge in [0, 0.05) is 12.5 Å². The zero-order chi connectivity index (χ0) is 13.7. The maximum Gasteiger partial charge on any atom is 0.328 e. The number of nitrogens with zero attached hydrogens (tertiary/aromatic N) is 4. The molecule has 6 nitrogen and oxygen atoms in total. The Morgan fingerprint density at radius 3 is 2.74 bits per heavy atom. The molecular formula is C13H14N4O2. The summed E-state index contributed by atoms with van der Waals surface area (Å²) in [4.78, 5) is 10.4. The summed E-state index contributed by atoms with van der Waals surface area (Å²) in [5.41, 5.74) is 1.68. The predicted octanol–water partition coefficient (Wildman–Crippen LogP) is 1.71. The number of carbonyl (C=O) groups is 1. The van der Waals surface area contributed by atoms with E-state index >= 15 is 0 Å². The second kappa shape index (κ2) is 5.90. The second-order valence-corrected chi connectivity index (χ2v) is 4.02. The summed E-state index contributed by atoms with van der Waals surface area (Å²) in [5.74, 6) is -0.147. The van der Waals surface area contributed by atoms with Crippen LogP contribution in [0, 0.1) is 0 Å². The molecule has 2 rings (SSSR count). The highest BCUT2D eigenvalue weighted by atomic mass is 16.4. The normalized spacial score (nSPS) is 11.0. The zero-order valence-electron chi connectivity index (χ0n) is 10.5. The molecule has 0 fully saturated rings. The van der Waals surface area contributed by atoms with Gasteiger partial charge < -0.3 is 5.11 Å². The molecule has 0 aliphatic heterocycles. The van der Waals surface area contributed by atoms with Crippen LogP contribution >= 0.6 is 0 Å². The number of aromatic nitrogens is 4. The van der Waals surface area contributed by atoms with E-state index in [0.29, 0.717) is 0 Å². The minimum Gasteiger partial charge on any atom is -0.478 e. The van der Waals surface area contributed by atoms with Crippen molar-refractivity contribution in [3.8, 4) is 5.69 Å². The summed E-state index contributed by atoms with van der Waals surface area (Å²) in [6, 6.07) is 7.37. The minimum atomic E-state index is -0.963. The van der Waals surface area contributed by atoms with Crippen LogP contribution in [0.2, 0.25) is 0 Å².